The van der Waals surface area contributed by atoms with Gasteiger partial charge in [0, 0.05) is 23.8 Å². The number of hydrogen-bond donors (Lipinski definition) is 0. The van der Waals surface area contributed by atoms with Crippen LogP contribution in [0.3, 0.4) is 0 Å². The molecule has 3 nitrogen and oxygen atoms in total. The Morgan fingerprint density at radius 1 is 1.64 bits per heavy atom. The molecule has 1 aliphatic heterocycles. The SMILES string of the molecule is CCC(=O)C(C)S(=O)C1CCOC1C. The Morgan fingerprint density at radius 2 is 2.29 bits per heavy atom. The van der Waals surface area contributed by atoms with E-state index in [0.717, 1.165) is 6.42 Å². The van der Waals surface area contributed by atoms with Gasteiger partial charge < -0.3 is 4.74 Å². The van der Waals surface area contributed by atoms with Gasteiger partial charge >= 0.3 is 0 Å². The molecule has 0 amide bonds. The van der Waals surface area contributed by atoms with Crippen molar-refractivity contribution in [2.24, 2.45) is 0 Å². The molecule has 0 aliphatic carbocycles. The Kier molecular flexibility index (Phi) is 4.26. The van der Waals surface area contributed by atoms with Crippen LogP contribution < -0.4 is 0 Å². The molecule has 1 aliphatic rings. The largest absolute Gasteiger partial charge is 0.377 e. The zero-order valence-electron chi connectivity index (χ0n) is 8.99. The van der Waals surface area contributed by atoms with Crippen LogP contribution in [-0.2, 0) is 20.3 Å². The van der Waals surface area contributed by atoms with E-state index in [2.05, 4.69) is 0 Å². The van der Waals surface area contributed by atoms with Crippen molar-refractivity contribution < 1.29 is 13.7 Å². The van der Waals surface area contributed by atoms with Gasteiger partial charge in [0.1, 0.15) is 5.78 Å². The molecule has 1 fully saturated rings. The van der Waals surface area contributed by atoms with Gasteiger partial charge in [-0.2, -0.15) is 0 Å². The van der Waals surface area contributed by atoms with E-state index in [4.69, 9.17) is 4.74 Å². The van der Waals surface area contributed by atoms with Gasteiger partial charge in [-0.15, -0.1) is 0 Å². The van der Waals surface area contributed by atoms with Crippen molar-refractivity contribution in [1.29, 1.82) is 0 Å². The van der Waals surface area contributed by atoms with Gasteiger partial charge in [0.15, 0.2) is 0 Å². The summed E-state index contributed by atoms with van der Waals surface area (Å²) in [7, 11) is -1.07. The molecular weight excluding hydrogens is 200 g/mol. The van der Waals surface area contributed by atoms with E-state index >= 15 is 0 Å². The van der Waals surface area contributed by atoms with E-state index in [0.29, 0.717) is 13.0 Å². The molecular formula is C10H18O3S. The first-order chi connectivity index (χ1) is 6.57. The molecule has 1 saturated heterocycles. The number of rotatable bonds is 4. The van der Waals surface area contributed by atoms with Crippen LogP contribution in [0.25, 0.3) is 0 Å². The number of Topliss-reactive ketones (excluding diaryl/α,β-unsaturated/α-hetero) is 1. The Labute approximate surface area is 87.7 Å². The fourth-order valence-electron chi connectivity index (χ4n) is 1.70. The molecule has 0 aromatic carbocycles. The van der Waals surface area contributed by atoms with Crippen molar-refractivity contribution in [3.05, 3.63) is 0 Å². The fraction of sp³-hybridized carbons (Fsp3) is 0.900. The van der Waals surface area contributed by atoms with E-state index in [-0.39, 0.29) is 22.4 Å². The average Bonchev–Trinajstić information content (AvgIpc) is 2.61. The van der Waals surface area contributed by atoms with Crippen LogP contribution >= 0.6 is 0 Å². The van der Waals surface area contributed by atoms with Crippen LogP contribution in [0.4, 0.5) is 0 Å². The van der Waals surface area contributed by atoms with Crippen LogP contribution in [0, 0.1) is 0 Å². The number of hydrogen-bond acceptors (Lipinski definition) is 3. The summed E-state index contributed by atoms with van der Waals surface area (Å²) in [6.07, 6.45) is 1.31. The van der Waals surface area contributed by atoms with Crippen molar-refractivity contribution in [3.63, 3.8) is 0 Å². The number of ether oxygens (including phenoxy) is 1. The van der Waals surface area contributed by atoms with Gasteiger partial charge in [-0.3, -0.25) is 9.00 Å². The van der Waals surface area contributed by atoms with Gasteiger partial charge in [-0.1, -0.05) is 6.92 Å². The second-order valence-electron chi connectivity index (χ2n) is 3.69. The molecule has 82 valence electrons. The molecule has 1 rings (SSSR count). The predicted molar refractivity (Wildman–Crippen MR) is 56.7 cm³/mol. The van der Waals surface area contributed by atoms with Crippen molar-refractivity contribution in [1.82, 2.24) is 0 Å². The summed E-state index contributed by atoms with van der Waals surface area (Å²) in [5.74, 6) is 0.0856. The highest BCUT2D eigenvalue weighted by atomic mass is 32.2. The first-order valence-electron chi connectivity index (χ1n) is 5.11. The molecule has 0 N–H and O–H groups in total. The van der Waals surface area contributed by atoms with Gasteiger partial charge in [0.25, 0.3) is 0 Å². The summed E-state index contributed by atoms with van der Waals surface area (Å²) < 4.78 is 17.3. The van der Waals surface area contributed by atoms with Gasteiger partial charge in [0.05, 0.1) is 16.6 Å². The first kappa shape index (κ1) is 11.9. The Bertz CT molecular complexity index is 240. The summed E-state index contributed by atoms with van der Waals surface area (Å²) in [4.78, 5) is 11.4. The Morgan fingerprint density at radius 3 is 2.71 bits per heavy atom. The first-order valence-corrected chi connectivity index (χ1v) is 6.39. The molecule has 14 heavy (non-hydrogen) atoms. The maximum atomic E-state index is 12.0. The lowest BCUT2D eigenvalue weighted by Gasteiger charge is -2.17. The highest BCUT2D eigenvalue weighted by Crippen LogP contribution is 2.21. The van der Waals surface area contributed by atoms with E-state index in [1.165, 1.54) is 0 Å². The number of carbonyl (C=O) groups excluding carboxylic acids is 1. The van der Waals surface area contributed by atoms with E-state index < -0.39 is 10.8 Å². The Balaban J connectivity index is 2.60. The van der Waals surface area contributed by atoms with E-state index in [1.54, 1.807) is 6.92 Å². The van der Waals surface area contributed by atoms with Gasteiger partial charge in [-0.05, 0) is 20.3 Å². The maximum absolute atomic E-state index is 12.0. The normalized spacial score (nSPS) is 31.4. The van der Waals surface area contributed by atoms with Crippen molar-refractivity contribution in [2.45, 2.75) is 50.2 Å². The molecule has 0 saturated carbocycles. The molecule has 0 spiro atoms. The molecule has 4 heteroatoms. The lowest BCUT2D eigenvalue weighted by Crippen LogP contribution is -2.33. The maximum Gasteiger partial charge on any atom is 0.147 e. The second-order valence-corrected chi connectivity index (χ2v) is 5.66. The summed E-state index contributed by atoms with van der Waals surface area (Å²) in [6, 6.07) is 0. The quantitative estimate of drug-likeness (QED) is 0.714. The molecule has 0 aromatic rings. The minimum absolute atomic E-state index is 0.0305. The molecule has 1 heterocycles. The van der Waals surface area contributed by atoms with Crippen molar-refractivity contribution >= 4 is 16.6 Å². The summed E-state index contributed by atoms with van der Waals surface area (Å²) in [5.41, 5.74) is 0. The fourth-order valence-corrected chi connectivity index (χ4v) is 3.43. The third-order valence-corrected chi connectivity index (χ3v) is 4.93. The standard InChI is InChI=1S/C10H18O3S/c1-4-9(11)8(3)14(12)10-5-6-13-7(10)2/h7-8,10H,4-6H2,1-3H3. The van der Waals surface area contributed by atoms with Crippen LogP contribution in [0.2, 0.25) is 0 Å². The van der Waals surface area contributed by atoms with Crippen molar-refractivity contribution in [3.8, 4) is 0 Å². The average molecular weight is 218 g/mol. The van der Waals surface area contributed by atoms with Crippen LogP contribution in [0.15, 0.2) is 0 Å². The third-order valence-electron chi connectivity index (χ3n) is 2.76. The lowest BCUT2D eigenvalue weighted by molar-refractivity contribution is -0.118. The molecule has 4 unspecified atom stereocenters. The molecule has 0 aromatic heterocycles. The smallest absolute Gasteiger partial charge is 0.147 e. The van der Waals surface area contributed by atoms with Crippen LogP contribution in [-0.4, -0.2) is 33.2 Å². The third kappa shape index (κ3) is 2.42. The highest BCUT2D eigenvalue weighted by Gasteiger charge is 2.34. The second kappa shape index (κ2) is 5.03. The van der Waals surface area contributed by atoms with Crippen LogP contribution in [0.1, 0.15) is 33.6 Å². The van der Waals surface area contributed by atoms with Crippen molar-refractivity contribution in [2.75, 3.05) is 6.61 Å². The zero-order chi connectivity index (χ0) is 10.7. The summed E-state index contributed by atoms with van der Waals surface area (Å²) >= 11 is 0. The van der Waals surface area contributed by atoms with Gasteiger partial charge in [0.2, 0.25) is 0 Å². The number of ketones is 1. The summed E-state index contributed by atoms with van der Waals surface area (Å²) in [5, 5.41) is -0.297. The molecule has 4 atom stereocenters. The summed E-state index contributed by atoms with van der Waals surface area (Å²) in [6.45, 7) is 6.17. The van der Waals surface area contributed by atoms with E-state index in [1.807, 2.05) is 13.8 Å². The van der Waals surface area contributed by atoms with Gasteiger partial charge in [-0.25, -0.2) is 0 Å². The molecule has 0 radical (unpaired) electrons. The highest BCUT2D eigenvalue weighted by molar-refractivity contribution is 7.87. The Hall–Kier alpha value is -0.220. The number of carbonyl (C=O) groups is 1. The minimum Gasteiger partial charge on any atom is -0.377 e. The lowest BCUT2D eigenvalue weighted by atomic mass is 10.2. The zero-order valence-corrected chi connectivity index (χ0v) is 9.80. The predicted octanol–water partition coefficient (Wildman–Crippen LogP) is 1.28. The topological polar surface area (TPSA) is 43.4 Å². The minimum atomic E-state index is -1.07. The van der Waals surface area contributed by atoms with Crippen LogP contribution in [0.5, 0.6) is 0 Å². The monoisotopic (exact) mass is 218 g/mol. The van der Waals surface area contributed by atoms with E-state index in [9.17, 15) is 9.00 Å². The molecule has 0 bridgehead atoms.